The fraction of sp³-hybridized carbons (Fsp3) is 0.406. The molecule has 0 aliphatic rings. The highest BCUT2D eigenvalue weighted by Gasteiger charge is 2.25. The first-order valence-corrected chi connectivity index (χ1v) is 15.8. The van der Waals surface area contributed by atoms with E-state index >= 15 is 0 Å². The van der Waals surface area contributed by atoms with Crippen LogP contribution >= 0.6 is 7.60 Å². The van der Waals surface area contributed by atoms with Crippen LogP contribution in [0.4, 0.5) is 5.69 Å². The summed E-state index contributed by atoms with van der Waals surface area (Å²) < 4.78 is 29.8. The molecule has 0 radical (unpaired) electrons. The predicted molar refractivity (Wildman–Crippen MR) is 160 cm³/mol. The highest BCUT2D eigenvalue weighted by atomic mass is 31.2. The highest BCUT2D eigenvalue weighted by molar-refractivity contribution is 7.53. The molecular weight excluding hydrogens is 509 g/mol. The summed E-state index contributed by atoms with van der Waals surface area (Å²) in [5, 5.41) is 2.95. The number of para-hydroxylation sites is 1. The molecule has 0 heterocycles. The van der Waals surface area contributed by atoms with E-state index in [1.165, 1.54) is 32.1 Å². The zero-order valence-electron chi connectivity index (χ0n) is 23.5. The smallest absolute Gasteiger partial charge is 0.335 e. The zero-order chi connectivity index (χ0) is 27.9. The average molecular weight is 552 g/mol. The van der Waals surface area contributed by atoms with E-state index in [0.717, 1.165) is 29.9 Å². The van der Waals surface area contributed by atoms with Gasteiger partial charge in [-0.15, -0.1) is 0 Å². The van der Waals surface area contributed by atoms with E-state index in [4.69, 9.17) is 13.8 Å². The summed E-state index contributed by atoms with van der Waals surface area (Å²) in [4.78, 5) is 13.0. The summed E-state index contributed by atoms with van der Waals surface area (Å²) in [7, 11) is -3.30. The van der Waals surface area contributed by atoms with Crippen LogP contribution in [-0.2, 0) is 19.8 Å². The molecule has 0 spiro atoms. The molecule has 3 rings (SSSR count). The number of anilines is 1. The number of carbonyl (C=O) groups is 1. The van der Waals surface area contributed by atoms with Crippen molar-refractivity contribution in [2.45, 2.75) is 65.5 Å². The summed E-state index contributed by atoms with van der Waals surface area (Å²) in [6, 6.07) is 22.8. The lowest BCUT2D eigenvalue weighted by Crippen LogP contribution is -2.13. The van der Waals surface area contributed by atoms with E-state index in [9.17, 15) is 9.36 Å². The molecule has 3 aromatic carbocycles. The van der Waals surface area contributed by atoms with Gasteiger partial charge >= 0.3 is 7.60 Å². The molecule has 1 amide bonds. The van der Waals surface area contributed by atoms with Crippen molar-refractivity contribution in [3.63, 3.8) is 0 Å². The van der Waals surface area contributed by atoms with Crippen LogP contribution in [0.5, 0.6) is 5.75 Å². The van der Waals surface area contributed by atoms with E-state index in [1.54, 1.807) is 19.9 Å². The lowest BCUT2D eigenvalue weighted by atomic mass is 10.0. The predicted octanol–water partition coefficient (Wildman–Crippen LogP) is 9.11. The first kappa shape index (κ1) is 30.6. The van der Waals surface area contributed by atoms with Gasteiger partial charge in [-0.1, -0.05) is 81.5 Å². The highest BCUT2D eigenvalue weighted by Crippen LogP contribution is 2.52. The molecule has 0 bridgehead atoms. The Morgan fingerprint density at radius 3 is 1.97 bits per heavy atom. The first-order chi connectivity index (χ1) is 19.0. The maximum absolute atomic E-state index is 13.0. The topological polar surface area (TPSA) is 73.9 Å². The van der Waals surface area contributed by atoms with Crippen molar-refractivity contribution in [2.75, 3.05) is 25.1 Å². The molecule has 0 atom stereocenters. The number of rotatable bonds is 17. The molecule has 210 valence electrons. The summed E-state index contributed by atoms with van der Waals surface area (Å²) in [6.45, 7) is 7.11. The van der Waals surface area contributed by atoms with Gasteiger partial charge in [0, 0.05) is 11.3 Å². The molecule has 1 N–H and O–H groups in total. The number of hydrogen-bond acceptors (Lipinski definition) is 5. The van der Waals surface area contributed by atoms with Gasteiger partial charge in [0.15, 0.2) is 0 Å². The summed E-state index contributed by atoms with van der Waals surface area (Å²) in [5.41, 5.74) is 3.89. The van der Waals surface area contributed by atoms with Gasteiger partial charge in [-0.2, -0.15) is 0 Å². The quantitative estimate of drug-likeness (QED) is 0.134. The van der Waals surface area contributed by atoms with Crippen LogP contribution in [0, 0.1) is 0 Å². The van der Waals surface area contributed by atoms with Gasteiger partial charge in [-0.3, -0.25) is 9.36 Å². The van der Waals surface area contributed by atoms with E-state index in [1.807, 2.05) is 66.7 Å². The maximum atomic E-state index is 13.0. The van der Waals surface area contributed by atoms with Crippen LogP contribution in [0.2, 0.25) is 0 Å². The Labute approximate surface area is 233 Å². The molecule has 0 saturated heterocycles. The molecule has 0 aliphatic carbocycles. The molecule has 7 heteroatoms. The van der Waals surface area contributed by atoms with Crippen LogP contribution in [0.1, 0.15) is 75.2 Å². The largest absolute Gasteiger partial charge is 0.494 e. The third-order valence-corrected chi connectivity index (χ3v) is 8.41. The van der Waals surface area contributed by atoms with Crippen molar-refractivity contribution < 1.29 is 23.1 Å². The molecule has 0 saturated carbocycles. The second kappa shape index (κ2) is 16.2. The van der Waals surface area contributed by atoms with E-state index in [0.29, 0.717) is 16.8 Å². The van der Waals surface area contributed by atoms with Gasteiger partial charge < -0.3 is 19.1 Å². The molecule has 0 fully saturated rings. The molecule has 0 aromatic heterocycles. The van der Waals surface area contributed by atoms with Gasteiger partial charge in [-0.25, -0.2) is 0 Å². The molecule has 39 heavy (non-hydrogen) atoms. The Morgan fingerprint density at radius 2 is 1.33 bits per heavy atom. The standard InChI is InChI=1S/C32H42NO5P/c1-4-7-8-9-10-13-24-36-30-22-20-27(21-23-30)26-16-18-28(19-17-26)32(34)33-31-15-12-11-14-29(31)25-39(35,37-5-2)38-6-3/h11-12,14-23H,4-10,13,24-25H2,1-3H3,(H,33,34). The number of nitrogens with one attached hydrogen (secondary N) is 1. The minimum absolute atomic E-state index is 0.0861. The van der Waals surface area contributed by atoms with Gasteiger partial charge in [0.25, 0.3) is 5.91 Å². The number of amides is 1. The number of carbonyl (C=O) groups excluding carboxylic acids is 1. The number of unbranched alkanes of at least 4 members (excludes halogenated alkanes) is 5. The van der Waals surface area contributed by atoms with Crippen LogP contribution in [-0.4, -0.2) is 25.7 Å². The fourth-order valence-electron chi connectivity index (χ4n) is 4.34. The average Bonchev–Trinajstić information content (AvgIpc) is 2.94. The first-order valence-electron chi connectivity index (χ1n) is 14.1. The molecule has 6 nitrogen and oxygen atoms in total. The van der Waals surface area contributed by atoms with Gasteiger partial charge in [-0.05, 0) is 67.3 Å². The maximum Gasteiger partial charge on any atom is 0.335 e. The minimum atomic E-state index is -3.30. The van der Waals surface area contributed by atoms with E-state index in [2.05, 4.69) is 12.2 Å². The number of ether oxygens (including phenoxy) is 1. The van der Waals surface area contributed by atoms with Gasteiger partial charge in [0.2, 0.25) is 0 Å². The van der Waals surface area contributed by atoms with Crippen molar-refractivity contribution in [1.29, 1.82) is 0 Å². The summed E-state index contributed by atoms with van der Waals surface area (Å²) in [5.74, 6) is 0.635. The lowest BCUT2D eigenvalue weighted by Gasteiger charge is -2.19. The van der Waals surface area contributed by atoms with Crippen LogP contribution in [0.15, 0.2) is 72.8 Å². The lowest BCUT2D eigenvalue weighted by molar-refractivity contribution is 0.102. The molecule has 0 unspecified atom stereocenters. The van der Waals surface area contributed by atoms with E-state index < -0.39 is 7.60 Å². The van der Waals surface area contributed by atoms with Crippen LogP contribution in [0.25, 0.3) is 11.1 Å². The molecule has 0 aliphatic heterocycles. The Kier molecular flexibility index (Phi) is 12.8. The van der Waals surface area contributed by atoms with Crippen molar-refractivity contribution in [1.82, 2.24) is 0 Å². The van der Waals surface area contributed by atoms with E-state index in [-0.39, 0.29) is 25.3 Å². The number of benzene rings is 3. The van der Waals surface area contributed by atoms with Gasteiger partial charge in [0.05, 0.1) is 26.0 Å². The van der Waals surface area contributed by atoms with Crippen LogP contribution < -0.4 is 10.1 Å². The second-order valence-electron chi connectivity index (χ2n) is 9.43. The Morgan fingerprint density at radius 1 is 0.744 bits per heavy atom. The summed E-state index contributed by atoms with van der Waals surface area (Å²) in [6.07, 6.45) is 7.55. The van der Waals surface area contributed by atoms with Gasteiger partial charge in [0.1, 0.15) is 5.75 Å². The van der Waals surface area contributed by atoms with Crippen molar-refractivity contribution in [2.24, 2.45) is 0 Å². The molecular formula is C32H42NO5P. The normalized spacial score (nSPS) is 11.4. The minimum Gasteiger partial charge on any atom is -0.494 e. The Hall–Kier alpha value is -2.92. The Balaban J connectivity index is 1.57. The summed E-state index contributed by atoms with van der Waals surface area (Å²) >= 11 is 0. The fourth-order valence-corrected chi connectivity index (χ4v) is 6.07. The van der Waals surface area contributed by atoms with Crippen molar-refractivity contribution >= 4 is 19.2 Å². The molecule has 3 aromatic rings. The number of hydrogen-bond donors (Lipinski definition) is 1. The monoisotopic (exact) mass is 551 g/mol. The second-order valence-corrected chi connectivity index (χ2v) is 11.5. The van der Waals surface area contributed by atoms with Crippen molar-refractivity contribution in [3.8, 4) is 16.9 Å². The third-order valence-electron chi connectivity index (χ3n) is 6.38. The SMILES string of the molecule is CCCCCCCCOc1ccc(-c2ccc(C(=O)Nc3ccccc3CP(=O)(OCC)OCC)cc2)cc1. The van der Waals surface area contributed by atoms with Crippen molar-refractivity contribution in [3.05, 3.63) is 83.9 Å². The zero-order valence-corrected chi connectivity index (χ0v) is 24.4. The Bertz CT molecular complexity index is 1180. The van der Waals surface area contributed by atoms with Crippen LogP contribution in [0.3, 0.4) is 0 Å². The third kappa shape index (κ3) is 9.96.